The van der Waals surface area contributed by atoms with E-state index in [0.717, 1.165) is 12.0 Å². The van der Waals surface area contributed by atoms with E-state index in [1.807, 2.05) is 0 Å². The number of pyridine rings is 2. The number of methoxy groups -OCH3 is 1. The number of ether oxygens (including phenoxy) is 3. The smallest absolute Gasteiger partial charge is 0.253 e. The van der Waals surface area contributed by atoms with Crippen molar-refractivity contribution in [2.75, 3.05) is 20.3 Å². The first-order valence-electron chi connectivity index (χ1n) is 7.83. The highest BCUT2D eigenvalue weighted by molar-refractivity contribution is 6.32. The molecule has 1 unspecified atom stereocenters. The van der Waals surface area contributed by atoms with Gasteiger partial charge in [0.1, 0.15) is 11.1 Å². The number of nitrogens with one attached hydrogen (secondary N) is 1. The topological polar surface area (TPSA) is 82.6 Å². The van der Waals surface area contributed by atoms with Gasteiger partial charge in [-0.05, 0) is 17.7 Å². The molecular weight excluding hydrogens is 346 g/mol. The molecule has 2 aromatic rings. The quantitative estimate of drug-likeness (QED) is 0.847. The zero-order chi connectivity index (χ0) is 17.6. The van der Waals surface area contributed by atoms with E-state index in [1.165, 1.54) is 6.20 Å². The molecule has 1 aliphatic rings. The van der Waals surface area contributed by atoms with Crippen LogP contribution in [0.2, 0.25) is 5.02 Å². The second kappa shape index (κ2) is 8.13. The van der Waals surface area contributed by atoms with E-state index in [2.05, 4.69) is 15.3 Å². The van der Waals surface area contributed by atoms with E-state index in [4.69, 9.17) is 25.8 Å². The second-order valence-corrected chi connectivity index (χ2v) is 5.91. The summed E-state index contributed by atoms with van der Waals surface area (Å²) in [5.74, 6) is 0.530. The minimum atomic E-state index is -0.277. The summed E-state index contributed by atoms with van der Waals surface area (Å²) >= 11 is 6.18. The number of hydrogen-bond acceptors (Lipinski definition) is 6. The van der Waals surface area contributed by atoms with E-state index in [0.29, 0.717) is 42.1 Å². The fraction of sp³-hybridized carbons (Fsp3) is 0.353. The number of halogens is 1. The average molecular weight is 364 g/mol. The van der Waals surface area contributed by atoms with Crippen LogP contribution >= 0.6 is 11.6 Å². The van der Waals surface area contributed by atoms with Crippen molar-refractivity contribution in [3.8, 4) is 11.8 Å². The van der Waals surface area contributed by atoms with Crippen LogP contribution in [0.5, 0.6) is 11.8 Å². The van der Waals surface area contributed by atoms with Crippen molar-refractivity contribution in [2.24, 2.45) is 0 Å². The normalized spacial score (nSPS) is 16.5. The third kappa shape index (κ3) is 4.58. The third-order valence-electron chi connectivity index (χ3n) is 3.70. The van der Waals surface area contributed by atoms with Crippen molar-refractivity contribution >= 4 is 17.5 Å². The van der Waals surface area contributed by atoms with Gasteiger partial charge in [-0.15, -0.1) is 0 Å². The van der Waals surface area contributed by atoms with Crippen LogP contribution in [-0.2, 0) is 11.3 Å². The Morgan fingerprint density at radius 1 is 1.44 bits per heavy atom. The molecule has 1 atom stereocenters. The summed E-state index contributed by atoms with van der Waals surface area (Å²) in [6.45, 7) is 1.53. The SMILES string of the molecule is COc1cc(CNC(=O)c2cnc(OC3CCOC3)c(Cl)c2)ccn1. The molecule has 1 amide bonds. The largest absolute Gasteiger partial charge is 0.481 e. The van der Waals surface area contributed by atoms with Gasteiger partial charge < -0.3 is 19.5 Å². The molecule has 7 nitrogen and oxygen atoms in total. The zero-order valence-corrected chi connectivity index (χ0v) is 14.5. The lowest BCUT2D eigenvalue weighted by Gasteiger charge is -2.12. The maximum absolute atomic E-state index is 12.3. The minimum absolute atomic E-state index is 0.0497. The van der Waals surface area contributed by atoms with Gasteiger partial charge in [-0.1, -0.05) is 11.6 Å². The fourth-order valence-electron chi connectivity index (χ4n) is 2.36. The van der Waals surface area contributed by atoms with Crippen LogP contribution < -0.4 is 14.8 Å². The molecule has 0 aliphatic carbocycles. The number of carbonyl (C=O) groups is 1. The first-order chi connectivity index (χ1) is 12.2. The first-order valence-corrected chi connectivity index (χ1v) is 8.20. The van der Waals surface area contributed by atoms with Gasteiger partial charge in [-0.2, -0.15) is 0 Å². The Balaban J connectivity index is 1.60. The molecule has 1 N–H and O–H groups in total. The van der Waals surface area contributed by atoms with Crippen LogP contribution in [0.15, 0.2) is 30.6 Å². The molecule has 1 fully saturated rings. The maximum Gasteiger partial charge on any atom is 0.253 e. The van der Waals surface area contributed by atoms with Crippen LogP contribution in [0.1, 0.15) is 22.3 Å². The molecule has 3 rings (SSSR count). The monoisotopic (exact) mass is 363 g/mol. The lowest BCUT2D eigenvalue weighted by molar-refractivity contribution is 0.0950. The predicted molar refractivity (Wildman–Crippen MR) is 91.1 cm³/mol. The Morgan fingerprint density at radius 3 is 3.04 bits per heavy atom. The van der Waals surface area contributed by atoms with Crippen LogP contribution in [0.25, 0.3) is 0 Å². The molecule has 8 heteroatoms. The van der Waals surface area contributed by atoms with Gasteiger partial charge in [0.2, 0.25) is 11.8 Å². The minimum Gasteiger partial charge on any atom is -0.481 e. The van der Waals surface area contributed by atoms with Gasteiger partial charge in [0.25, 0.3) is 5.91 Å². The van der Waals surface area contributed by atoms with Crippen molar-refractivity contribution in [2.45, 2.75) is 19.1 Å². The summed E-state index contributed by atoms with van der Waals surface area (Å²) in [5, 5.41) is 3.10. The van der Waals surface area contributed by atoms with Gasteiger partial charge in [0.05, 0.1) is 25.9 Å². The number of nitrogens with zero attached hydrogens (tertiary/aromatic N) is 2. The molecule has 3 heterocycles. The number of hydrogen-bond donors (Lipinski definition) is 1. The standard InChI is InChI=1S/C17H18ClN3O4/c1-23-15-6-11(2-4-19-15)8-20-16(22)12-7-14(18)17(21-9-12)25-13-3-5-24-10-13/h2,4,6-7,9,13H,3,5,8,10H2,1H3,(H,20,22). The van der Waals surface area contributed by atoms with E-state index in [1.54, 1.807) is 31.5 Å². The van der Waals surface area contributed by atoms with Gasteiger partial charge in [0, 0.05) is 31.4 Å². The Hall–Kier alpha value is -2.38. The summed E-state index contributed by atoms with van der Waals surface area (Å²) in [4.78, 5) is 20.4. The number of rotatable bonds is 6. The second-order valence-electron chi connectivity index (χ2n) is 5.50. The lowest BCUT2D eigenvalue weighted by Crippen LogP contribution is -2.23. The molecule has 1 aliphatic heterocycles. The molecule has 2 aromatic heterocycles. The summed E-state index contributed by atoms with van der Waals surface area (Å²) in [6, 6.07) is 5.10. The van der Waals surface area contributed by atoms with E-state index >= 15 is 0 Å². The van der Waals surface area contributed by atoms with Crippen LogP contribution in [-0.4, -0.2) is 42.3 Å². The van der Waals surface area contributed by atoms with E-state index in [9.17, 15) is 4.79 Å². The molecule has 0 aromatic carbocycles. The average Bonchev–Trinajstić information content (AvgIpc) is 3.14. The molecular formula is C17H18ClN3O4. The Bertz CT molecular complexity index is 750. The molecule has 0 radical (unpaired) electrons. The van der Waals surface area contributed by atoms with Gasteiger partial charge in [0.15, 0.2) is 0 Å². The van der Waals surface area contributed by atoms with Crippen LogP contribution in [0.3, 0.4) is 0 Å². The predicted octanol–water partition coefficient (Wildman–Crippen LogP) is 2.24. The zero-order valence-electron chi connectivity index (χ0n) is 13.7. The summed E-state index contributed by atoms with van der Waals surface area (Å²) in [5.41, 5.74) is 1.24. The fourth-order valence-corrected chi connectivity index (χ4v) is 2.57. The lowest BCUT2D eigenvalue weighted by atomic mass is 10.2. The van der Waals surface area contributed by atoms with E-state index < -0.39 is 0 Å². The van der Waals surface area contributed by atoms with Crippen LogP contribution in [0.4, 0.5) is 0 Å². The molecule has 25 heavy (non-hydrogen) atoms. The molecule has 1 saturated heterocycles. The number of carbonyl (C=O) groups excluding carboxylic acids is 1. The van der Waals surface area contributed by atoms with Crippen molar-refractivity contribution in [3.63, 3.8) is 0 Å². The number of amides is 1. The summed E-state index contributed by atoms with van der Waals surface area (Å²) in [6.07, 6.45) is 3.82. The van der Waals surface area contributed by atoms with Gasteiger partial charge >= 0.3 is 0 Å². The van der Waals surface area contributed by atoms with Crippen molar-refractivity contribution in [3.05, 3.63) is 46.7 Å². The van der Waals surface area contributed by atoms with Gasteiger partial charge in [-0.3, -0.25) is 4.79 Å². The maximum atomic E-state index is 12.3. The van der Waals surface area contributed by atoms with Crippen molar-refractivity contribution < 1.29 is 19.0 Å². The Kier molecular flexibility index (Phi) is 5.67. The van der Waals surface area contributed by atoms with Crippen LogP contribution in [0, 0.1) is 0 Å². The van der Waals surface area contributed by atoms with E-state index in [-0.39, 0.29) is 12.0 Å². The molecule has 0 spiro atoms. The van der Waals surface area contributed by atoms with Crippen molar-refractivity contribution in [1.29, 1.82) is 0 Å². The third-order valence-corrected chi connectivity index (χ3v) is 3.97. The summed E-state index contributed by atoms with van der Waals surface area (Å²) < 4.78 is 16.0. The van der Waals surface area contributed by atoms with Crippen molar-refractivity contribution in [1.82, 2.24) is 15.3 Å². The highest BCUT2D eigenvalue weighted by atomic mass is 35.5. The summed E-state index contributed by atoms with van der Waals surface area (Å²) in [7, 11) is 1.54. The molecule has 132 valence electrons. The molecule has 0 saturated carbocycles. The first kappa shape index (κ1) is 17.4. The Morgan fingerprint density at radius 2 is 2.32 bits per heavy atom. The number of aromatic nitrogens is 2. The molecule has 0 bridgehead atoms. The highest BCUT2D eigenvalue weighted by Gasteiger charge is 2.20. The Labute approximate surface area is 150 Å². The highest BCUT2D eigenvalue weighted by Crippen LogP contribution is 2.25. The van der Waals surface area contributed by atoms with Gasteiger partial charge in [-0.25, -0.2) is 9.97 Å².